The molecule has 1 N–H and O–H groups in total. The maximum absolute atomic E-state index is 12.6. The van der Waals surface area contributed by atoms with E-state index in [-0.39, 0.29) is 18.8 Å². The average Bonchev–Trinajstić information content (AvgIpc) is 2.66. The third kappa shape index (κ3) is 6.77. The van der Waals surface area contributed by atoms with Crippen LogP contribution in [-0.4, -0.2) is 37.5 Å². The largest absolute Gasteiger partial charge is 0.493 e. The van der Waals surface area contributed by atoms with E-state index < -0.39 is 23.8 Å². The van der Waals surface area contributed by atoms with Crippen LogP contribution in [-0.2, 0) is 22.1 Å². The van der Waals surface area contributed by atoms with Gasteiger partial charge in [0.2, 0.25) is 0 Å². The molecule has 0 saturated carbocycles. The highest BCUT2D eigenvalue weighted by Gasteiger charge is 2.30. The number of carboxylic acid groups (broad SMARTS) is 1. The van der Waals surface area contributed by atoms with Crippen molar-refractivity contribution in [2.24, 2.45) is 0 Å². The Balaban J connectivity index is 1.73. The van der Waals surface area contributed by atoms with E-state index in [1.165, 1.54) is 19.2 Å². The predicted molar refractivity (Wildman–Crippen MR) is 95.6 cm³/mol. The van der Waals surface area contributed by atoms with Crippen molar-refractivity contribution in [2.75, 3.05) is 20.3 Å². The van der Waals surface area contributed by atoms with Crippen molar-refractivity contribution >= 4 is 5.97 Å². The average molecular weight is 398 g/mol. The number of ether oxygens (including phenoxy) is 3. The van der Waals surface area contributed by atoms with Crippen LogP contribution in [0.1, 0.15) is 17.5 Å². The molecule has 2 rings (SSSR count). The Morgan fingerprint density at radius 2 is 1.68 bits per heavy atom. The van der Waals surface area contributed by atoms with Crippen molar-refractivity contribution in [3.8, 4) is 11.5 Å². The van der Waals surface area contributed by atoms with Gasteiger partial charge in [0.05, 0.1) is 18.8 Å². The molecule has 0 amide bonds. The highest BCUT2D eigenvalue weighted by Crippen LogP contribution is 2.31. The quantitative estimate of drug-likeness (QED) is 0.608. The summed E-state index contributed by atoms with van der Waals surface area (Å²) >= 11 is 0. The number of carboxylic acids is 1. The van der Waals surface area contributed by atoms with Crippen LogP contribution in [0.3, 0.4) is 0 Å². The number of halogens is 3. The summed E-state index contributed by atoms with van der Waals surface area (Å²) in [6, 6.07) is 11.7. The zero-order chi connectivity index (χ0) is 20.6. The molecule has 0 unspecified atom stereocenters. The molecule has 8 heteroatoms. The van der Waals surface area contributed by atoms with E-state index in [0.717, 1.165) is 17.7 Å². The SMILES string of the molecule is CO[C@@H](Cc1ccc(OCCCOc2cccc(C(F)(F)F)c2)cc1)C(=O)O. The van der Waals surface area contributed by atoms with Gasteiger partial charge in [-0.05, 0) is 35.9 Å². The van der Waals surface area contributed by atoms with Crippen molar-refractivity contribution in [3.05, 3.63) is 59.7 Å². The minimum atomic E-state index is -4.40. The van der Waals surface area contributed by atoms with Crippen LogP contribution < -0.4 is 9.47 Å². The van der Waals surface area contributed by atoms with Gasteiger partial charge in [0.25, 0.3) is 0 Å². The second-order valence-electron chi connectivity index (χ2n) is 5.99. The monoisotopic (exact) mass is 398 g/mol. The molecule has 1 atom stereocenters. The van der Waals surface area contributed by atoms with Crippen molar-refractivity contribution in [1.82, 2.24) is 0 Å². The maximum atomic E-state index is 12.6. The molecule has 0 radical (unpaired) electrons. The van der Waals surface area contributed by atoms with Gasteiger partial charge in [0.15, 0.2) is 6.10 Å². The first-order chi connectivity index (χ1) is 13.3. The normalized spacial score (nSPS) is 12.4. The van der Waals surface area contributed by atoms with Crippen molar-refractivity contribution in [1.29, 1.82) is 0 Å². The number of carbonyl (C=O) groups is 1. The van der Waals surface area contributed by atoms with E-state index in [2.05, 4.69) is 0 Å². The Kier molecular flexibility index (Phi) is 7.69. The van der Waals surface area contributed by atoms with Gasteiger partial charge in [-0.25, -0.2) is 4.79 Å². The van der Waals surface area contributed by atoms with Crippen LogP contribution in [0.25, 0.3) is 0 Å². The van der Waals surface area contributed by atoms with E-state index in [0.29, 0.717) is 18.8 Å². The highest BCUT2D eigenvalue weighted by atomic mass is 19.4. The molecule has 0 saturated heterocycles. The fraction of sp³-hybridized carbons (Fsp3) is 0.350. The zero-order valence-electron chi connectivity index (χ0n) is 15.2. The first-order valence-corrected chi connectivity index (χ1v) is 8.57. The summed E-state index contributed by atoms with van der Waals surface area (Å²) < 4.78 is 53.7. The lowest BCUT2D eigenvalue weighted by atomic mass is 10.1. The number of hydrogen-bond donors (Lipinski definition) is 1. The molecule has 0 bridgehead atoms. The maximum Gasteiger partial charge on any atom is 0.416 e. The topological polar surface area (TPSA) is 65.0 Å². The van der Waals surface area contributed by atoms with E-state index in [1.54, 1.807) is 24.3 Å². The predicted octanol–water partition coefficient (Wildman–Crippen LogP) is 4.20. The number of aliphatic carboxylic acids is 1. The minimum absolute atomic E-state index is 0.158. The summed E-state index contributed by atoms with van der Waals surface area (Å²) in [6.07, 6.45) is -4.57. The smallest absolute Gasteiger partial charge is 0.416 e. The molecule has 2 aromatic carbocycles. The molecule has 5 nitrogen and oxygen atoms in total. The zero-order valence-corrected chi connectivity index (χ0v) is 15.2. The minimum Gasteiger partial charge on any atom is -0.493 e. The highest BCUT2D eigenvalue weighted by molar-refractivity contribution is 5.72. The Morgan fingerprint density at radius 1 is 1.04 bits per heavy atom. The number of alkyl halides is 3. The molecule has 0 spiro atoms. The van der Waals surface area contributed by atoms with Gasteiger partial charge in [-0.15, -0.1) is 0 Å². The summed E-state index contributed by atoms with van der Waals surface area (Å²) in [5.41, 5.74) is 0.0504. The molecular weight excluding hydrogens is 377 g/mol. The Morgan fingerprint density at radius 3 is 2.25 bits per heavy atom. The molecule has 0 aliphatic rings. The number of benzene rings is 2. The summed E-state index contributed by atoms with van der Waals surface area (Å²) in [4.78, 5) is 11.0. The lowest BCUT2D eigenvalue weighted by Gasteiger charge is -2.12. The Labute approximate surface area is 160 Å². The summed E-state index contributed by atoms with van der Waals surface area (Å²) in [5.74, 6) is -0.263. The number of methoxy groups -OCH3 is 1. The molecule has 0 fully saturated rings. The number of rotatable bonds is 10. The lowest BCUT2D eigenvalue weighted by Crippen LogP contribution is -2.24. The standard InChI is InChI=1S/C20H21F3O5/c1-26-18(19(24)25)12-14-6-8-16(9-7-14)27-10-3-11-28-17-5-2-4-15(13-17)20(21,22)23/h2,4-9,13,18H,3,10-12H2,1H3,(H,24,25)/t18-/m0/s1. The second-order valence-corrected chi connectivity index (χ2v) is 5.99. The first kappa shape index (κ1) is 21.6. The molecule has 0 aliphatic heterocycles. The lowest BCUT2D eigenvalue weighted by molar-refractivity contribution is -0.148. The third-order valence-electron chi connectivity index (χ3n) is 3.89. The van der Waals surface area contributed by atoms with Crippen LogP contribution in [0.4, 0.5) is 13.2 Å². The van der Waals surface area contributed by atoms with Crippen LogP contribution in [0.5, 0.6) is 11.5 Å². The fourth-order valence-electron chi connectivity index (χ4n) is 2.41. The Hall–Kier alpha value is -2.74. The van der Waals surface area contributed by atoms with Gasteiger partial charge >= 0.3 is 12.1 Å². The van der Waals surface area contributed by atoms with E-state index in [1.807, 2.05) is 0 Å². The fourth-order valence-corrected chi connectivity index (χ4v) is 2.41. The van der Waals surface area contributed by atoms with Gasteiger partial charge < -0.3 is 19.3 Å². The molecule has 0 heterocycles. The molecule has 152 valence electrons. The Bertz CT molecular complexity index is 759. The first-order valence-electron chi connectivity index (χ1n) is 8.57. The van der Waals surface area contributed by atoms with Crippen molar-refractivity contribution in [3.63, 3.8) is 0 Å². The molecule has 0 aromatic heterocycles. The van der Waals surface area contributed by atoms with Gasteiger partial charge in [-0.2, -0.15) is 13.2 Å². The van der Waals surface area contributed by atoms with Gasteiger partial charge in [0.1, 0.15) is 11.5 Å². The van der Waals surface area contributed by atoms with E-state index >= 15 is 0 Å². The third-order valence-corrected chi connectivity index (χ3v) is 3.89. The van der Waals surface area contributed by atoms with Crippen LogP contribution in [0.2, 0.25) is 0 Å². The van der Waals surface area contributed by atoms with Crippen LogP contribution in [0, 0.1) is 0 Å². The van der Waals surface area contributed by atoms with Crippen LogP contribution in [0.15, 0.2) is 48.5 Å². The molecule has 0 aliphatic carbocycles. The van der Waals surface area contributed by atoms with Gasteiger partial charge in [0, 0.05) is 20.0 Å². The van der Waals surface area contributed by atoms with Gasteiger partial charge in [-0.3, -0.25) is 0 Å². The molecule has 28 heavy (non-hydrogen) atoms. The van der Waals surface area contributed by atoms with Gasteiger partial charge in [-0.1, -0.05) is 18.2 Å². The van der Waals surface area contributed by atoms with E-state index in [4.69, 9.17) is 19.3 Å². The van der Waals surface area contributed by atoms with E-state index in [9.17, 15) is 18.0 Å². The summed E-state index contributed by atoms with van der Waals surface area (Å²) in [7, 11) is 1.34. The molecule has 2 aromatic rings. The van der Waals surface area contributed by atoms with Crippen molar-refractivity contribution < 1.29 is 37.3 Å². The van der Waals surface area contributed by atoms with Crippen LogP contribution >= 0.6 is 0 Å². The van der Waals surface area contributed by atoms with Crippen molar-refractivity contribution in [2.45, 2.75) is 25.1 Å². The summed E-state index contributed by atoms with van der Waals surface area (Å²) in [6.45, 7) is 0.543. The number of hydrogen-bond acceptors (Lipinski definition) is 4. The molecular formula is C20H21F3O5. The second kappa shape index (κ2) is 9.98. The summed E-state index contributed by atoms with van der Waals surface area (Å²) in [5, 5.41) is 8.98.